The molecule has 156 valence electrons. The number of rotatable bonds is 5. The fourth-order valence-electron chi connectivity index (χ4n) is 2.95. The summed E-state index contributed by atoms with van der Waals surface area (Å²) in [5.74, 6) is -0.272. The van der Waals surface area contributed by atoms with Crippen molar-refractivity contribution < 1.29 is 4.79 Å². The molecule has 2 aromatic carbocycles. The minimum atomic E-state index is -0.296. The number of aryl methyl sites for hydroxylation is 1. The standard InChI is InChI=1S/C22H16Cl2N4O2S/c1-13-4-7-15(8-5-13)28-21(30)16-9-6-14(23)11-18(16)27-22(28)31-12-19(29)26-17-3-2-10-25-20(17)24/h2-11H,12H2,1H3,(H,26,29). The third-order valence-corrected chi connectivity index (χ3v) is 5.93. The molecule has 6 nitrogen and oxygen atoms in total. The van der Waals surface area contributed by atoms with Crippen LogP contribution in [-0.2, 0) is 4.79 Å². The Balaban J connectivity index is 1.70. The number of aromatic nitrogens is 3. The molecule has 0 aliphatic rings. The molecule has 0 radical (unpaired) electrons. The number of nitrogens with one attached hydrogen (secondary N) is 1. The van der Waals surface area contributed by atoms with E-state index < -0.39 is 0 Å². The van der Waals surface area contributed by atoms with Gasteiger partial charge in [-0.05, 0) is 49.4 Å². The van der Waals surface area contributed by atoms with E-state index in [1.807, 2.05) is 31.2 Å². The van der Waals surface area contributed by atoms with Crippen molar-refractivity contribution in [1.82, 2.24) is 14.5 Å². The molecule has 0 aliphatic heterocycles. The fourth-order valence-corrected chi connectivity index (χ4v) is 4.10. The summed E-state index contributed by atoms with van der Waals surface area (Å²) in [5.41, 5.74) is 2.39. The van der Waals surface area contributed by atoms with Crippen LogP contribution in [0.4, 0.5) is 5.69 Å². The molecule has 4 rings (SSSR count). The molecule has 0 spiro atoms. The van der Waals surface area contributed by atoms with Crippen LogP contribution in [0.25, 0.3) is 16.6 Å². The Labute approximate surface area is 192 Å². The van der Waals surface area contributed by atoms with E-state index in [0.717, 1.165) is 17.3 Å². The molecule has 0 fully saturated rings. The molecule has 0 atom stereocenters. The number of benzene rings is 2. The van der Waals surface area contributed by atoms with Crippen LogP contribution in [0, 0.1) is 6.92 Å². The average molecular weight is 471 g/mol. The summed E-state index contributed by atoms with van der Waals surface area (Å²) in [6, 6.07) is 15.8. The Morgan fingerprint density at radius 3 is 2.65 bits per heavy atom. The highest BCUT2D eigenvalue weighted by atomic mass is 35.5. The predicted octanol–water partition coefficient (Wildman–Crippen LogP) is 5.13. The van der Waals surface area contributed by atoms with Crippen molar-refractivity contribution in [1.29, 1.82) is 0 Å². The molecule has 0 aliphatic carbocycles. The zero-order valence-corrected chi connectivity index (χ0v) is 18.6. The van der Waals surface area contributed by atoms with Crippen molar-refractivity contribution in [3.63, 3.8) is 0 Å². The first kappa shape index (κ1) is 21.4. The number of carbonyl (C=O) groups excluding carboxylic acids is 1. The van der Waals surface area contributed by atoms with Crippen LogP contribution in [0.1, 0.15) is 5.56 Å². The van der Waals surface area contributed by atoms with Gasteiger partial charge in [-0.3, -0.25) is 14.2 Å². The Bertz CT molecular complexity index is 1340. The molecule has 2 heterocycles. The van der Waals surface area contributed by atoms with Gasteiger partial charge in [0.05, 0.1) is 28.0 Å². The van der Waals surface area contributed by atoms with Gasteiger partial charge < -0.3 is 5.32 Å². The summed E-state index contributed by atoms with van der Waals surface area (Å²) in [4.78, 5) is 34.3. The molecule has 1 amide bonds. The molecule has 0 unspecified atom stereocenters. The predicted molar refractivity (Wildman–Crippen MR) is 126 cm³/mol. The lowest BCUT2D eigenvalue weighted by Crippen LogP contribution is -2.23. The Morgan fingerprint density at radius 1 is 1.13 bits per heavy atom. The quantitative estimate of drug-likeness (QED) is 0.248. The lowest BCUT2D eigenvalue weighted by Gasteiger charge is -2.14. The zero-order valence-electron chi connectivity index (χ0n) is 16.3. The molecular weight excluding hydrogens is 455 g/mol. The Kier molecular flexibility index (Phi) is 6.27. The lowest BCUT2D eigenvalue weighted by atomic mass is 10.2. The summed E-state index contributed by atoms with van der Waals surface area (Å²) >= 11 is 13.2. The molecule has 0 saturated carbocycles. The molecule has 9 heteroatoms. The van der Waals surface area contributed by atoms with E-state index in [0.29, 0.717) is 32.5 Å². The highest BCUT2D eigenvalue weighted by molar-refractivity contribution is 7.99. The molecule has 4 aromatic rings. The van der Waals surface area contributed by atoms with Crippen LogP contribution in [-0.4, -0.2) is 26.2 Å². The molecule has 2 aromatic heterocycles. The van der Waals surface area contributed by atoms with Crippen LogP contribution in [0.3, 0.4) is 0 Å². The summed E-state index contributed by atoms with van der Waals surface area (Å²) in [6.45, 7) is 1.97. The van der Waals surface area contributed by atoms with E-state index in [-0.39, 0.29) is 22.4 Å². The summed E-state index contributed by atoms with van der Waals surface area (Å²) in [7, 11) is 0. The number of amides is 1. The van der Waals surface area contributed by atoms with Crippen LogP contribution < -0.4 is 10.9 Å². The maximum absolute atomic E-state index is 13.3. The third-order valence-electron chi connectivity index (χ3n) is 4.46. The van der Waals surface area contributed by atoms with Crippen LogP contribution >= 0.6 is 35.0 Å². The average Bonchev–Trinajstić information content (AvgIpc) is 2.75. The van der Waals surface area contributed by atoms with E-state index in [9.17, 15) is 9.59 Å². The van der Waals surface area contributed by atoms with Gasteiger partial charge in [-0.1, -0.05) is 52.7 Å². The number of fused-ring (bicyclic) bond motifs is 1. The van der Waals surface area contributed by atoms with Gasteiger partial charge in [0.25, 0.3) is 5.56 Å². The molecule has 0 saturated heterocycles. The van der Waals surface area contributed by atoms with E-state index in [2.05, 4.69) is 15.3 Å². The molecule has 1 N–H and O–H groups in total. The van der Waals surface area contributed by atoms with Gasteiger partial charge in [0, 0.05) is 11.2 Å². The van der Waals surface area contributed by atoms with Crippen molar-refractivity contribution in [2.75, 3.05) is 11.1 Å². The fraction of sp³-hybridized carbons (Fsp3) is 0.0909. The molecule has 0 bridgehead atoms. The number of hydrogen-bond donors (Lipinski definition) is 1. The first-order chi connectivity index (χ1) is 14.9. The van der Waals surface area contributed by atoms with E-state index in [1.54, 1.807) is 30.3 Å². The van der Waals surface area contributed by atoms with E-state index in [1.165, 1.54) is 10.8 Å². The molecular formula is C22H16Cl2N4O2S. The van der Waals surface area contributed by atoms with Crippen molar-refractivity contribution >= 4 is 57.5 Å². The first-order valence-corrected chi connectivity index (χ1v) is 11.0. The smallest absolute Gasteiger partial charge is 0.266 e. The summed E-state index contributed by atoms with van der Waals surface area (Å²) in [5, 5.41) is 4.23. The zero-order chi connectivity index (χ0) is 22.0. The highest BCUT2D eigenvalue weighted by Gasteiger charge is 2.16. The second-order valence-electron chi connectivity index (χ2n) is 6.71. The van der Waals surface area contributed by atoms with Crippen molar-refractivity contribution in [2.24, 2.45) is 0 Å². The summed E-state index contributed by atoms with van der Waals surface area (Å²) in [6.07, 6.45) is 1.54. The lowest BCUT2D eigenvalue weighted by molar-refractivity contribution is -0.113. The minimum Gasteiger partial charge on any atom is -0.323 e. The first-order valence-electron chi connectivity index (χ1n) is 9.25. The second kappa shape index (κ2) is 9.09. The van der Waals surface area contributed by atoms with Gasteiger partial charge in [0.1, 0.15) is 0 Å². The number of anilines is 1. The maximum atomic E-state index is 13.3. The monoisotopic (exact) mass is 470 g/mol. The van der Waals surface area contributed by atoms with Gasteiger partial charge in [-0.25, -0.2) is 9.97 Å². The van der Waals surface area contributed by atoms with Crippen LogP contribution in [0.2, 0.25) is 10.2 Å². The summed E-state index contributed by atoms with van der Waals surface area (Å²) < 4.78 is 1.50. The normalized spacial score (nSPS) is 10.9. The minimum absolute atomic E-state index is 0.0234. The number of thioether (sulfide) groups is 1. The van der Waals surface area contributed by atoms with Crippen molar-refractivity contribution in [3.05, 3.63) is 86.9 Å². The number of nitrogens with zero attached hydrogens (tertiary/aromatic N) is 3. The SMILES string of the molecule is Cc1ccc(-n2c(SCC(=O)Nc3cccnc3Cl)nc3cc(Cl)ccc3c2=O)cc1. The van der Waals surface area contributed by atoms with Gasteiger partial charge in [0.2, 0.25) is 5.91 Å². The van der Waals surface area contributed by atoms with Crippen molar-refractivity contribution in [3.8, 4) is 5.69 Å². The largest absolute Gasteiger partial charge is 0.323 e. The highest BCUT2D eigenvalue weighted by Crippen LogP contribution is 2.24. The van der Waals surface area contributed by atoms with Gasteiger partial charge in [0.15, 0.2) is 10.3 Å². The van der Waals surface area contributed by atoms with Crippen LogP contribution in [0.15, 0.2) is 70.7 Å². The molecule has 31 heavy (non-hydrogen) atoms. The van der Waals surface area contributed by atoms with E-state index in [4.69, 9.17) is 23.2 Å². The van der Waals surface area contributed by atoms with Crippen molar-refractivity contribution in [2.45, 2.75) is 12.1 Å². The number of pyridine rings is 1. The van der Waals surface area contributed by atoms with Crippen LogP contribution in [0.5, 0.6) is 0 Å². The third kappa shape index (κ3) is 4.74. The number of halogens is 2. The Hall–Kier alpha value is -2.87. The Morgan fingerprint density at radius 2 is 1.90 bits per heavy atom. The number of hydrogen-bond acceptors (Lipinski definition) is 5. The van der Waals surface area contributed by atoms with E-state index >= 15 is 0 Å². The topological polar surface area (TPSA) is 76.9 Å². The van der Waals surface area contributed by atoms with Gasteiger partial charge in [-0.2, -0.15) is 0 Å². The van der Waals surface area contributed by atoms with Gasteiger partial charge >= 0.3 is 0 Å². The second-order valence-corrected chi connectivity index (χ2v) is 8.45. The van der Waals surface area contributed by atoms with Gasteiger partial charge in [-0.15, -0.1) is 0 Å². The maximum Gasteiger partial charge on any atom is 0.266 e. The number of carbonyl (C=O) groups is 1.